The molecule has 0 aliphatic carbocycles. The van der Waals surface area contributed by atoms with Gasteiger partial charge in [-0.1, -0.05) is 12.1 Å². The zero-order chi connectivity index (χ0) is 14.8. The molecule has 110 valence electrons. The van der Waals surface area contributed by atoms with Crippen LogP contribution in [0.3, 0.4) is 0 Å². The highest BCUT2D eigenvalue weighted by atomic mass is 19.1. The quantitative estimate of drug-likeness (QED) is 0.895. The van der Waals surface area contributed by atoms with Crippen LogP contribution in [0.2, 0.25) is 0 Å². The molecular weight excluding hydrogens is 271 g/mol. The van der Waals surface area contributed by atoms with Crippen LogP contribution in [0.25, 0.3) is 0 Å². The Labute approximate surface area is 122 Å². The Hall–Kier alpha value is -2.05. The largest absolute Gasteiger partial charge is 0.392 e. The molecule has 0 radical (unpaired) electrons. The fraction of sp³-hybridized carbons (Fsp3) is 0.333. The number of halogens is 1. The van der Waals surface area contributed by atoms with E-state index in [-0.39, 0.29) is 11.9 Å². The molecule has 1 aliphatic heterocycles. The van der Waals surface area contributed by atoms with Gasteiger partial charge in [0.25, 0.3) is 0 Å². The Morgan fingerprint density at radius 3 is 3.00 bits per heavy atom. The first-order valence-corrected chi connectivity index (χ1v) is 6.87. The summed E-state index contributed by atoms with van der Waals surface area (Å²) in [5, 5.41) is 9.93. The van der Waals surface area contributed by atoms with Crippen LogP contribution < -0.4 is 5.73 Å². The molecule has 3 rings (SSSR count). The molecule has 0 saturated carbocycles. The minimum Gasteiger partial charge on any atom is -0.392 e. The van der Waals surface area contributed by atoms with Gasteiger partial charge in [-0.25, -0.2) is 14.4 Å². The minimum atomic E-state index is -0.431. The number of anilines is 1. The van der Waals surface area contributed by atoms with Gasteiger partial charge in [0, 0.05) is 18.8 Å². The maximum Gasteiger partial charge on any atom is 0.144 e. The minimum absolute atomic E-state index is 0.0410. The van der Waals surface area contributed by atoms with E-state index in [0.717, 1.165) is 5.56 Å². The summed E-state index contributed by atoms with van der Waals surface area (Å²) >= 11 is 0. The number of β-amino-alcohol motifs (C(OH)–C–C–N with tert-alkyl or cyclic N) is 1. The lowest BCUT2D eigenvalue weighted by molar-refractivity contribution is 0.171. The van der Waals surface area contributed by atoms with Crippen molar-refractivity contribution in [1.82, 2.24) is 14.9 Å². The predicted octanol–water partition coefficient (Wildman–Crippen LogP) is 1.51. The summed E-state index contributed by atoms with van der Waals surface area (Å²) in [7, 11) is 0. The first kappa shape index (κ1) is 13.9. The molecule has 2 atom stereocenters. The number of hydrogen-bond acceptors (Lipinski definition) is 5. The number of aliphatic hydroxyl groups is 1. The summed E-state index contributed by atoms with van der Waals surface area (Å²) in [6.07, 6.45) is 1.76. The predicted molar refractivity (Wildman–Crippen MR) is 76.6 cm³/mol. The first-order valence-electron chi connectivity index (χ1n) is 6.87. The third-order valence-corrected chi connectivity index (χ3v) is 3.69. The average molecular weight is 288 g/mol. The third-order valence-electron chi connectivity index (χ3n) is 3.69. The summed E-state index contributed by atoms with van der Waals surface area (Å²) in [5.41, 5.74) is 6.51. The van der Waals surface area contributed by atoms with Crippen LogP contribution in [0, 0.1) is 5.82 Å². The topological polar surface area (TPSA) is 75.3 Å². The number of nitrogens with zero attached hydrogens (tertiary/aromatic N) is 3. The molecule has 3 N–H and O–H groups in total. The van der Waals surface area contributed by atoms with E-state index < -0.39 is 6.10 Å². The number of aliphatic hydroxyl groups excluding tert-OH is 1. The van der Waals surface area contributed by atoms with Gasteiger partial charge in [-0.2, -0.15) is 0 Å². The summed E-state index contributed by atoms with van der Waals surface area (Å²) in [6, 6.07) is 8.08. The fourth-order valence-electron chi connectivity index (χ4n) is 2.79. The van der Waals surface area contributed by atoms with Crippen molar-refractivity contribution in [3.05, 3.63) is 53.7 Å². The van der Waals surface area contributed by atoms with Crippen LogP contribution in [0.1, 0.15) is 23.9 Å². The van der Waals surface area contributed by atoms with Crippen LogP contribution in [-0.2, 0) is 6.54 Å². The lowest BCUT2D eigenvalue weighted by Crippen LogP contribution is -2.25. The van der Waals surface area contributed by atoms with E-state index in [2.05, 4.69) is 9.97 Å². The van der Waals surface area contributed by atoms with Crippen molar-refractivity contribution < 1.29 is 9.50 Å². The Morgan fingerprint density at radius 1 is 1.38 bits per heavy atom. The molecule has 1 fully saturated rings. The molecular formula is C15H17FN4O. The van der Waals surface area contributed by atoms with E-state index in [4.69, 9.17) is 5.73 Å². The van der Waals surface area contributed by atoms with Crippen molar-refractivity contribution in [1.29, 1.82) is 0 Å². The molecule has 2 heterocycles. The van der Waals surface area contributed by atoms with Gasteiger partial charge in [0.15, 0.2) is 0 Å². The van der Waals surface area contributed by atoms with E-state index in [1.807, 2.05) is 11.0 Å². The number of nitrogen functional groups attached to an aromatic ring is 1. The molecule has 1 aromatic heterocycles. The number of hydrogen-bond donors (Lipinski definition) is 2. The zero-order valence-electron chi connectivity index (χ0n) is 11.5. The number of likely N-dealkylation sites (tertiary alicyclic amines) is 1. The second-order valence-corrected chi connectivity index (χ2v) is 5.29. The Morgan fingerprint density at radius 2 is 2.24 bits per heavy atom. The van der Waals surface area contributed by atoms with Crippen LogP contribution in [0.4, 0.5) is 10.2 Å². The second-order valence-electron chi connectivity index (χ2n) is 5.29. The van der Waals surface area contributed by atoms with Crippen LogP contribution >= 0.6 is 0 Å². The van der Waals surface area contributed by atoms with E-state index in [1.165, 1.54) is 12.1 Å². The van der Waals surface area contributed by atoms with E-state index >= 15 is 0 Å². The molecule has 1 aliphatic rings. The second kappa shape index (κ2) is 5.75. The van der Waals surface area contributed by atoms with Crippen molar-refractivity contribution in [3.63, 3.8) is 0 Å². The normalized spacial score (nSPS) is 22.6. The Kier molecular flexibility index (Phi) is 3.81. The molecule has 0 unspecified atom stereocenters. The van der Waals surface area contributed by atoms with Crippen LogP contribution in [0.15, 0.2) is 36.5 Å². The maximum absolute atomic E-state index is 13.4. The molecule has 0 spiro atoms. The molecule has 2 aromatic rings. The van der Waals surface area contributed by atoms with Gasteiger partial charge in [-0.3, -0.25) is 4.90 Å². The third kappa shape index (κ3) is 3.17. The van der Waals surface area contributed by atoms with Crippen molar-refractivity contribution in [2.45, 2.75) is 25.1 Å². The highest BCUT2D eigenvalue weighted by Gasteiger charge is 2.32. The van der Waals surface area contributed by atoms with Crippen molar-refractivity contribution in [3.8, 4) is 0 Å². The van der Waals surface area contributed by atoms with Crippen molar-refractivity contribution >= 4 is 5.82 Å². The lowest BCUT2D eigenvalue weighted by Gasteiger charge is -2.23. The van der Waals surface area contributed by atoms with Gasteiger partial charge in [0.1, 0.15) is 17.5 Å². The molecule has 6 heteroatoms. The Bertz CT molecular complexity index is 637. The lowest BCUT2D eigenvalue weighted by atomic mass is 10.0. The number of rotatable bonds is 3. The van der Waals surface area contributed by atoms with Gasteiger partial charge in [0.2, 0.25) is 0 Å². The van der Waals surface area contributed by atoms with Crippen LogP contribution in [0.5, 0.6) is 0 Å². The summed E-state index contributed by atoms with van der Waals surface area (Å²) in [5.74, 6) is 0.751. The number of aromatic nitrogens is 2. The van der Waals surface area contributed by atoms with Gasteiger partial charge < -0.3 is 10.8 Å². The summed E-state index contributed by atoms with van der Waals surface area (Å²) in [4.78, 5) is 10.4. The highest BCUT2D eigenvalue weighted by molar-refractivity contribution is 5.25. The number of benzene rings is 1. The average Bonchev–Trinajstić information content (AvgIpc) is 2.79. The van der Waals surface area contributed by atoms with Crippen molar-refractivity contribution in [2.24, 2.45) is 0 Å². The highest BCUT2D eigenvalue weighted by Crippen LogP contribution is 2.33. The van der Waals surface area contributed by atoms with E-state index in [0.29, 0.717) is 31.2 Å². The standard InChI is InChI=1S/C15H17FN4O/c16-11-3-1-2-10(6-11)13-7-12(21)8-20(13)9-15-18-5-4-14(17)19-15/h1-6,12-13,21H,7-9H2,(H2,17,18,19)/t12-,13-/m0/s1. The first-order chi connectivity index (χ1) is 10.1. The zero-order valence-corrected chi connectivity index (χ0v) is 11.5. The maximum atomic E-state index is 13.4. The van der Waals surface area contributed by atoms with Gasteiger partial charge in [-0.05, 0) is 30.2 Å². The van der Waals surface area contributed by atoms with Crippen molar-refractivity contribution in [2.75, 3.05) is 12.3 Å². The smallest absolute Gasteiger partial charge is 0.144 e. The van der Waals surface area contributed by atoms with Gasteiger partial charge >= 0.3 is 0 Å². The molecule has 0 amide bonds. The molecule has 21 heavy (non-hydrogen) atoms. The SMILES string of the molecule is Nc1ccnc(CN2C[C@@H](O)C[C@H]2c2cccc(F)c2)n1. The molecule has 0 bridgehead atoms. The Balaban J connectivity index is 1.82. The fourth-order valence-corrected chi connectivity index (χ4v) is 2.79. The molecule has 1 aromatic carbocycles. The van der Waals surface area contributed by atoms with Crippen LogP contribution in [-0.4, -0.2) is 32.6 Å². The summed E-state index contributed by atoms with van der Waals surface area (Å²) < 4.78 is 13.4. The molecule has 1 saturated heterocycles. The monoisotopic (exact) mass is 288 g/mol. The van der Waals surface area contributed by atoms with Gasteiger partial charge in [0.05, 0.1) is 12.6 Å². The van der Waals surface area contributed by atoms with E-state index in [9.17, 15) is 9.50 Å². The van der Waals surface area contributed by atoms with E-state index in [1.54, 1.807) is 18.3 Å². The number of nitrogens with two attached hydrogens (primary N) is 1. The molecule has 5 nitrogen and oxygen atoms in total. The van der Waals surface area contributed by atoms with Gasteiger partial charge in [-0.15, -0.1) is 0 Å². The summed E-state index contributed by atoms with van der Waals surface area (Å²) in [6.45, 7) is 0.989.